The maximum Gasteiger partial charge on any atom is 0.328 e. The number of rotatable bonds is 6. The minimum atomic E-state index is -1.34. The van der Waals surface area contributed by atoms with E-state index in [9.17, 15) is 14.7 Å². The van der Waals surface area contributed by atoms with Crippen LogP contribution in [0.25, 0.3) is 6.08 Å². The number of aliphatic hydroxyl groups excluding tert-OH is 1. The largest absolute Gasteiger partial charge is 0.496 e. The molecule has 1 aromatic carbocycles. The number of para-hydroxylation sites is 1. The van der Waals surface area contributed by atoms with Crippen molar-refractivity contribution in [2.75, 3.05) is 7.11 Å². The number of nitrogens with one attached hydrogen (secondary N) is 1. The summed E-state index contributed by atoms with van der Waals surface area (Å²) in [6.45, 7) is 1.29. The minimum absolute atomic E-state index is 0.599. The van der Waals surface area contributed by atoms with Crippen LogP contribution in [0.2, 0.25) is 0 Å². The molecule has 0 saturated carbocycles. The first-order valence-electron chi connectivity index (χ1n) is 5.98. The number of hydrogen-bond acceptors (Lipinski definition) is 4. The minimum Gasteiger partial charge on any atom is -0.496 e. The Morgan fingerprint density at radius 1 is 1.35 bits per heavy atom. The molecule has 20 heavy (non-hydrogen) atoms. The summed E-state index contributed by atoms with van der Waals surface area (Å²) < 4.78 is 5.12. The molecule has 0 aromatic heterocycles. The van der Waals surface area contributed by atoms with Crippen LogP contribution >= 0.6 is 0 Å². The highest BCUT2D eigenvalue weighted by Gasteiger charge is 2.23. The molecule has 108 valence electrons. The van der Waals surface area contributed by atoms with Gasteiger partial charge < -0.3 is 20.3 Å². The van der Waals surface area contributed by atoms with E-state index in [4.69, 9.17) is 9.84 Å². The standard InChI is InChI=1S/C14H17NO5/c1-9(16)13(14(18)19)15-12(17)8-7-10-5-3-4-6-11(10)20-2/h3-9,13,16H,1-2H3,(H,15,17)(H,18,19)/b8-7+/t9-,13+/m1/s1. The highest BCUT2D eigenvalue weighted by Crippen LogP contribution is 2.18. The summed E-state index contributed by atoms with van der Waals surface area (Å²) in [5.41, 5.74) is 0.689. The summed E-state index contributed by atoms with van der Waals surface area (Å²) in [5.74, 6) is -1.30. The molecule has 1 rings (SSSR count). The van der Waals surface area contributed by atoms with Crippen LogP contribution in [-0.4, -0.2) is 41.3 Å². The maximum atomic E-state index is 11.6. The molecule has 0 aliphatic carbocycles. The number of carbonyl (C=O) groups excluding carboxylic acids is 1. The van der Waals surface area contributed by atoms with Crippen LogP contribution < -0.4 is 10.1 Å². The lowest BCUT2D eigenvalue weighted by molar-refractivity contribution is -0.144. The van der Waals surface area contributed by atoms with Gasteiger partial charge in [0.15, 0.2) is 6.04 Å². The van der Waals surface area contributed by atoms with Crippen molar-refractivity contribution in [3.63, 3.8) is 0 Å². The van der Waals surface area contributed by atoms with Crippen LogP contribution in [-0.2, 0) is 9.59 Å². The Hall–Kier alpha value is -2.34. The summed E-state index contributed by atoms with van der Waals surface area (Å²) in [5, 5.41) is 20.3. The van der Waals surface area contributed by atoms with Crippen LogP contribution in [0.15, 0.2) is 30.3 Å². The highest BCUT2D eigenvalue weighted by molar-refractivity contribution is 5.94. The molecule has 0 bridgehead atoms. The van der Waals surface area contributed by atoms with Gasteiger partial charge in [0.05, 0.1) is 13.2 Å². The number of methoxy groups -OCH3 is 1. The average Bonchev–Trinajstić information content (AvgIpc) is 2.42. The van der Waals surface area contributed by atoms with Crippen LogP contribution in [0, 0.1) is 0 Å². The number of carboxylic acid groups (broad SMARTS) is 1. The Kier molecular flexibility index (Phi) is 5.74. The summed E-state index contributed by atoms with van der Waals surface area (Å²) >= 11 is 0. The van der Waals surface area contributed by atoms with E-state index >= 15 is 0 Å². The SMILES string of the molecule is COc1ccccc1/C=C/C(=O)N[C@H](C(=O)O)[C@@H](C)O. The molecule has 0 aliphatic rings. The lowest BCUT2D eigenvalue weighted by atomic mass is 10.1. The van der Waals surface area contributed by atoms with Gasteiger partial charge in [-0.3, -0.25) is 4.79 Å². The number of aliphatic hydroxyl groups is 1. The molecule has 6 heteroatoms. The van der Waals surface area contributed by atoms with Crippen LogP contribution in [0.5, 0.6) is 5.75 Å². The number of benzene rings is 1. The third-order valence-electron chi connectivity index (χ3n) is 2.60. The lowest BCUT2D eigenvalue weighted by Crippen LogP contribution is -2.47. The van der Waals surface area contributed by atoms with Crippen molar-refractivity contribution >= 4 is 18.0 Å². The zero-order chi connectivity index (χ0) is 15.1. The molecule has 2 atom stereocenters. The maximum absolute atomic E-state index is 11.6. The zero-order valence-corrected chi connectivity index (χ0v) is 11.2. The van der Waals surface area contributed by atoms with Crippen molar-refractivity contribution < 1.29 is 24.5 Å². The number of hydrogen-bond donors (Lipinski definition) is 3. The Morgan fingerprint density at radius 2 is 2.00 bits per heavy atom. The Labute approximate surface area is 116 Å². The second-order valence-corrected chi connectivity index (χ2v) is 4.14. The molecule has 0 aliphatic heterocycles. The highest BCUT2D eigenvalue weighted by atomic mass is 16.5. The smallest absolute Gasteiger partial charge is 0.328 e. The molecule has 0 radical (unpaired) electrons. The van der Waals surface area contributed by atoms with Crippen molar-refractivity contribution in [1.29, 1.82) is 0 Å². The predicted octanol–water partition coefficient (Wildman–Crippen LogP) is 0.659. The fourth-order valence-corrected chi connectivity index (χ4v) is 1.56. The van der Waals surface area contributed by atoms with Gasteiger partial charge >= 0.3 is 5.97 Å². The van der Waals surface area contributed by atoms with Gasteiger partial charge in [-0.2, -0.15) is 0 Å². The van der Waals surface area contributed by atoms with E-state index in [1.165, 1.54) is 26.2 Å². The van der Waals surface area contributed by atoms with Crippen molar-refractivity contribution in [1.82, 2.24) is 5.32 Å². The summed E-state index contributed by atoms with van der Waals surface area (Å²) in [6, 6.07) is 5.74. The van der Waals surface area contributed by atoms with E-state index in [0.717, 1.165) is 0 Å². The van der Waals surface area contributed by atoms with E-state index in [1.54, 1.807) is 24.3 Å². The van der Waals surface area contributed by atoms with E-state index in [0.29, 0.717) is 11.3 Å². The number of aliphatic carboxylic acids is 1. The molecular formula is C14H17NO5. The van der Waals surface area contributed by atoms with Gasteiger partial charge in [-0.25, -0.2) is 4.79 Å². The van der Waals surface area contributed by atoms with Gasteiger partial charge in [0, 0.05) is 11.6 Å². The monoisotopic (exact) mass is 279 g/mol. The number of carbonyl (C=O) groups is 2. The average molecular weight is 279 g/mol. The van der Waals surface area contributed by atoms with Crippen molar-refractivity contribution in [2.45, 2.75) is 19.1 Å². The number of amides is 1. The Bertz CT molecular complexity index is 510. The van der Waals surface area contributed by atoms with E-state index in [1.807, 2.05) is 0 Å². The van der Waals surface area contributed by atoms with Crippen molar-refractivity contribution in [3.05, 3.63) is 35.9 Å². The molecule has 3 N–H and O–H groups in total. The Balaban J connectivity index is 2.75. The van der Waals surface area contributed by atoms with E-state index in [2.05, 4.69) is 5.32 Å². The third-order valence-corrected chi connectivity index (χ3v) is 2.60. The molecule has 0 spiro atoms. The van der Waals surface area contributed by atoms with Crippen LogP contribution in [0.3, 0.4) is 0 Å². The first kappa shape index (κ1) is 15.7. The first-order chi connectivity index (χ1) is 9.45. The quantitative estimate of drug-likeness (QED) is 0.665. The van der Waals surface area contributed by atoms with E-state index < -0.39 is 24.0 Å². The van der Waals surface area contributed by atoms with Crippen LogP contribution in [0.4, 0.5) is 0 Å². The normalized spacial score (nSPS) is 13.8. The van der Waals surface area contributed by atoms with Crippen molar-refractivity contribution in [3.8, 4) is 5.75 Å². The Morgan fingerprint density at radius 3 is 2.55 bits per heavy atom. The van der Waals surface area contributed by atoms with Gasteiger partial charge in [-0.15, -0.1) is 0 Å². The first-order valence-corrected chi connectivity index (χ1v) is 5.98. The fourth-order valence-electron chi connectivity index (χ4n) is 1.56. The topological polar surface area (TPSA) is 95.9 Å². The summed E-state index contributed by atoms with van der Waals surface area (Å²) in [6.07, 6.45) is 1.52. The molecule has 0 saturated heterocycles. The molecular weight excluding hydrogens is 262 g/mol. The van der Waals surface area contributed by atoms with Crippen molar-refractivity contribution in [2.24, 2.45) is 0 Å². The third kappa shape index (κ3) is 4.40. The lowest BCUT2D eigenvalue weighted by Gasteiger charge is -2.15. The predicted molar refractivity (Wildman–Crippen MR) is 73.3 cm³/mol. The van der Waals surface area contributed by atoms with Gasteiger partial charge in [0.25, 0.3) is 0 Å². The molecule has 0 heterocycles. The van der Waals surface area contributed by atoms with Crippen LogP contribution in [0.1, 0.15) is 12.5 Å². The van der Waals surface area contributed by atoms with E-state index in [-0.39, 0.29) is 0 Å². The molecule has 6 nitrogen and oxygen atoms in total. The van der Waals surface area contributed by atoms with Gasteiger partial charge in [0.2, 0.25) is 5.91 Å². The molecule has 1 aromatic rings. The number of carboxylic acids is 1. The fraction of sp³-hybridized carbons (Fsp3) is 0.286. The molecule has 0 unspecified atom stereocenters. The van der Waals surface area contributed by atoms with Gasteiger partial charge in [-0.1, -0.05) is 18.2 Å². The second kappa shape index (κ2) is 7.30. The number of ether oxygens (including phenoxy) is 1. The van der Waals surface area contributed by atoms with Gasteiger partial charge in [0.1, 0.15) is 5.75 Å². The summed E-state index contributed by atoms with van der Waals surface area (Å²) in [7, 11) is 1.51. The van der Waals surface area contributed by atoms with Gasteiger partial charge in [-0.05, 0) is 19.1 Å². The zero-order valence-electron chi connectivity index (χ0n) is 11.2. The summed E-state index contributed by atoms with van der Waals surface area (Å²) in [4.78, 5) is 22.5. The molecule has 0 fully saturated rings. The second-order valence-electron chi connectivity index (χ2n) is 4.14. The molecule has 1 amide bonds.